The second kappa shape index (κ2) is 8.48. The van der Waals surface area contributed by atoms with E-state index in [2.05, 4.69) is 11.1 Å². The monoisotopic (exact) mass is 414 g/mol. The molecule has 1 heterocycles. The Morgan fingerprint density at radius 1 is 1.07 bits per heavy atom. The van der Waals surface area contributed by atoms with Crippen molar-refractivity contribution in [2.24, 2.45) is 4.99 Å². The Kier molecular flexibility index (Phi) is 6.03. The molecule has 0 spiro atoms. The summed E-state index contributed by atoms with van der Waals surface area (Å²) >= 11 is 1.35. The van der Waals surface area contributed by atoms with Crippen LogP contribution in [0.5, 0.6) is 11.5 Å². The highest BCUT2D eigenvalue weighted by Crippen LogP contribution is 2.26. The van der Waals surface area contributed by atoms with E-state index < -0.39 is 11.9 Å². The van der Waals surface area contributed by atoms with Crippen LogP contribution in [0.2, 0.25) is 0 Å². The molecule has 0 fully saturated rings. The smallest absolute Gasteiger partial charge is 0.325 e. The maximum atomic E-state index is 13.0. The van der Waals surface area contributed by atoms with E-state index in [1.165, 1.54) is 32.7 Å². The highest BCUT2D eigenvalue weighted by molar-refractivity contribution is 7.16. The number of fused-ring (bicyclic) bond motifs is 1. The van der Waals surface area contributed by atoms with Crippen LogP contribution in [0.25, 0.3) is 10.2 Å². The van der Waals surface area contributed by atoms with Gasteiger partial charge in [0.25, 0.3) is 5.91 Å². The minimum Gasteiger partial charge on any atom is -0.497 e. The molecule has 3 aromatic rings. The summed E-state index contributed by atoms with van der Waals surface area (Å²) in [6.07, 6.45) is 0. The fraction of sp³-hybridized carbons (Fsp3) is 0.286. The Hall–Kier alpha value is -3.13. The molecule has 8 heteroatoms. The van der Waals surface area contributed by atoms with Crippen molar-refractivity contribution in [2.45, 2.75) is 20.4 Å². The summed E-state index contributed by atoms with van der Waals surface area (Å²) < 4.78 is 18.0. The number of nitrogens with zero attached hydrogens (tertiary/aromatic N) is 2. The van der Waals surface area contributed by atoms with Gasteiger partial charge in [-0.05, 0) is 49.2 Å². The molecule has 0 N–H and O–H groups in total. The zero-order valence-electron chi connectivity index (χ0n) is 16.9. The number of ether oxygens (including phenoxy) is 3. The summed E-state index contributed by atoms with van der Waals surface area (Å²) in [5.41, 5.74) is 3.22. The zero-order chi connectivity index (χ0) is 21.1. The van der Waals surface area contributed by atoms with Gasteiger partial charge in [0, 0.05) is 0 Å². The lowest BCUT2D eigenvalue weighted by atomic mass is 10.1. The number of aromatic nitrogens is 1. The fourth-order valence-corrected chi connectivity index (χ4v) is 4.15. The number of hydrogen-bond donors (Lipinski definition) is 0. The molecular weight excluding hydrogens is 392 g/mol. The first-order valence-electron chi connectivity index (χ1n) is 8.86. The van der Waals surface area contributed by atoms with Crippen molar-refractivity contribution in [2.75, 3.05) is 21.3 Å². The first-order valence-corrected chi connectivity index (χ1v) is 9.68. The van der Waals surface area contributed by atoms with Gasteiger partial charge in [-0.2, -0.15) is 4.99 Å². The van der Waals surface area contributed by atoms with Crippen LogP contribution in [0.3, 0.4) is 0 Å². The summed E-state index contributed by atoms with van der Waals surface area (Å²) in [6.45, 7) is 3.93. The third-order valence-electron chi connectivity index (χ3n) is 4.46. The third-order valence-corrected chi connectivity index (χ3v) is 5.69. The molecule has 2 aromatic carbocycles. The minimum atomic E-state index is -0.486. The van der Waals surface area contributed by atoms with Crippen molar-refractivity contribution in [3.8, 4) is 11.5 Å². The molecule has 7 nitrogen and oxygen atoms in total. The predicted molar refractivity (Wildman–Crippen MR) is 111 cm³/mol. The average molecular weight is 414 g/mol. The molecule has 0 aliphatic heterocycles. The molecule has 3 rings (SSSR count). The number of thiazole rings is 1. The summed E-state index contributed by atoms with van der Waals surface area (Å²) in [5.74, 6) is 0.0128. The Bertz CT molecular complexity index is 1160. The van der Waals surface area contributed by atoms with Crippen LogP contribution in [-0.4, -0.2) is 37.8 Å². The number of rotatable bonds is 5. The lowest BCUT2D eigenvalue weighted by Crippen LogP contribution is -2.22. The first-order chi connectivity index (χ1) is 13.9. The number of aryl methyl sites for hydroxylation is 2. The Morgan fingerprint density at radius 2 is 1.83 bits per heavy atom. The molecule has 152 valence electrons. The van der Waals surface area contributed by atoms with Crippen LogP contribution in [0.4, 0.5) is 0 Å². The van der Waals surface area contributed by atoms with E-state index in [4.69, 9.17) is 14.2 Å². The van der Waals surface area contributed by atoms with Gasteiger partial charge in [-0.25, -0.2) is 0 Å². The van der Waals surface area contributed by atoms with Crippen LogP contribution in [0.1, 0.15) is 21.5 Å². The van der Waals surface area contributed by atoms with E-state index in [0.29, 0.717) is 16.3 Å². The van der Waals surface area contributed by atoms with Gasteiger partial charge in [0.15, 0.2) is 4.80 Å². The van der Waals surface area contributed by atoms with E-state index in [-0.39, 0.29) is 12.1 Å². The molecule has 29 heavy (non-hydrogen) atoms. The van der Waals surface area contributed by atoms with Crippen molar-refractivity contribution in [3.63, 3.8) is 0 Å². The van der Waals surface area contributed by atoms with Crippen LogP contribution in [0, 0.1) is 13.8 Å². The molecule has 1 amide bonds. The molecule has 0 atom stereocenters. The highest BCUT2D eigenvalue weighted by Gasteiger charge is 2.17. The second-order valence-electron chi connectivity index (χ2n) is 6.46. The molecule has 0 saturated heterocycles. The van der Waals surface area contributed by atoms with Gasteiger partial charge in [-0.15, -0.1) is 0 Å². The van der Waals surface area contributed by atoms with Crippen molar-refractivity contribution in [1.29, 1.82) is 0 Å². The molecular formula is C21H22N2O5S. The molecule has 0 radical (unpaired) electrons. The minimum absolute atomic E-state index is 0.0409. The number of carbonyl (C=O) groups excluding carboxylic acids is 2. The maximum absolute atomic E-state index is 13.0. The Morgan fingerprint density at radius 3 is 2.48 bits per heavy atom. The van der Waals surface area contributed by atoms with Crippen LogP contribution in [0.15, 0.2) is 35.3 Å². The Labute approximate surface area is 172 Å². The van der Waals surface area contributed by atoms with E-state index in [1.807, 2.05) is 19.9 Å². The van der Waals surface area contributed by atoms with Crippen LogP contribution in [-0.2, 0) is 16.1 Å². The van der Waals surface area contributed by atoms with Gasteiger partial charge in [0.2, 0.25) is 0 Å². The Balaban J connectivity index is 2.22. The van der Waals surface area contributed by atoms with Gasteiger partial charge < -0.3 is 18.8 Å². The number of hydrogen-bond acceptors (Lipinski definition) is 6. The number of benzene rings is 2. The van der Waals surface area contributed by atoms with E-state index in [0.717, 1.165) is 21.3 Å². The molecule has 0 bridgehead atoms. The summed E-state index contributed by atoms with van der Waals surface area (Å²) in [7, 11) is 4.34. The molecule has 0 aliphatic rings. The van der Waals surface area contributed by atoms with Gasteiger partial charge in [0.1, 0.15) is 18.0 Å². The molecule has 1 aromatic heterocycles. The van der Waals surface area contributed by atoms with Crippen molar-refractivity contribution in [1.82, 2.24) is 4.57 Å². The standard InChI is InChI=1S/C21H22N2O5S/c1-12-8-13(2)19-16(9-12)23(11-18(24)28-5)21(29-19)22-20(25)15-10-14(26-3)6-7-17(15)27-4/h6-10H,11H2,1-5H3. The van der Waals surface area contributed by atoms with Crippen LogP contribution >= 0.6 is 11.3 Å². The third kappa shape index (κ3) is 4.17. The normalized spacial score (nSPS) is 11.6. The summed E-state index contributed by atoms with van der Waals surface area (Å²) in [5, 5.41) is 0. The number of amides is 1. The van der Waals surface area contributed by atoms with Crippen molar-refractivity contribution < 1.29 is 23.8 Å². The maximum Gasteiger partial charge on any atom is 0.325 e. The van der Waals surface area contributed by atoms with Crippen molar-refractivity contribution in [3.05, 3.63) is 51.8 Å². The average Bonchev–Trinajstić information content (AvgIpc) is 3.04. The van der Waals surface area contributed by atoms with Gasteiger partial charge in [-0.1, -0.05) is 17.4 Å². The highest BCUT2D eigenvalue weighted by atomic mass is 32.1. The fourth-order valence-electron chi connectivity index (χ4n) is 3.07. The number of carbonyl (C=O) groups is 2. The molecule has 0 unspecified atom stereocenters. The molecule has 0 aliphatic carbocycles. The van der Waals surface area contributed by atoms with Crippen LogP contribution < -0.4 is 14.3 Å². The second-order valence-corrected chi connectivity index (χ2v) is 7.44. The van der Waals surface area contributed by atoms with Gasteiger partial charge in [0.05, 0.1) is 37.1 Å². The summed E-state index contributed by atoms with van der Waals surface area (Å²) in [4.78, 5) is 29.7. The number of methoxy groups -OCH3 is 3. The first kappa shape index (κ1) is 20.6. The van der Waals surface area contributed by atoms with Crippen molar-refractivity contribution >= 4 is 33.4 Å². The lowest BCUT2D eigenvalue weighted by Gasteiger charge is -2.08. The molecule has 0 saturated carbocycles. The van der Waals surface area contributed by atoms with Gasteiger partial charge >= 0.3 is 5.97 Å². The quantitative estimate of drug-likeness (QED) is 0.599. The SMILES string of the molecule is COC(=O)Cn1c(=NC(=O)c2cc(OC)ccc2OC)sc2c(C)cc(C)cc21. The summed E-state index contributed by atoms with van der Waals surface area (Å²) in [6, 6.07) is 8.97. The zero-order valence-corrected chi connectivity index (χ0v) is 17.8. The van der Waals surface area contributed by atoms with E-state index >= 15 is 0 Å². The van der Waals surface area contributed by atoms with E-state index in [1.54, 1.807) is 22.8 Å². The van der Waals surface area contributed by atoms with E-state index in [9.17, 15) is 9.59 Å². The predicted octanol–water partition coefficient (Wildman–Crippen LogP) is 3.25. The van der Waals surface area contributed by atoms with Gasteiger partial charge in [-0.3, -0.25) is 9.59 Å². The topological polar surface area (TPSA) is 79.1 Å². The number of esters is 1. The largest absolute Gasteiger partial charge is 0.497 e. The lowest BCUT2D eigenvalue weighted by molar-refractivity contribution is -0.141.